The molecule has 0 saturated heterocycles. The second-order valence-corrected chi connectivity index (χ2v) is 8.64. The Morgan fingerprint density at radius 2 is 2.07 bits per heavy atom. The van der Waals surface area contributed by atoms with Gasteiger partial charge in [0.1, 0.15) is 5.52 Å². The predicted octanol–water partition coefficient (Wildman–Crippen LogP) is 4.06. The lowest BCUT2D eigenvalue weighted by atomic mass is 10.1. The number of aryl methyl sites for hydroxylation is 2. The van der Waals surface area contributed by atoms with Crippen LogP contribution in [0.4, 0.5) is 0 Å². The Labute approximate surface area is 181 Å². The third-order valence-electron chi connectivity index (χ3n) is 5.02. The van der Waals surface area contributed by atoms with Crippen LogP contribution in [0.5, 0.6) is 0 Å². The molecule has 0 unspecified atom stereocenters. The maximum Gasteiger partial charge on any atom is 0.278 e. The summed E-state index contributed by atoms with van der Waals surface area (Å²) in [5.74, 6) is 0.200. The number of H-pyrrole nitrogens is 1. The van der Waals surface area contributed by atoms with E-state index in [4.69, 9.17) is 0 Å². The first kappa shape index (κ1) is 22.2. The van der Waals surface area contributed by atoms with Crippen molar-refractivity contribution in [3.63, 3.8) is 0 Å². The Morgan fingerprint density at radius 3 is 2.80 bits per heavy atom. The summed E-state index contributed by atoms with van der Waals surface area (Å²) in [6, 6.07) is 12.2. The number of nitrogens with one attached hydrogen (secondary N) is 2. The molecule has 0 saturated carbocycles. The third kappa shape index (κ3) is 5.75. The van der Waals surface area contributed by atoms with Gasteiger partial charge in [-0.25, -0.2) is 4.98 Å². The number of aromatic nitrogens is 3. The van der Waals surface area contributed by atoms with Crippen molar-refractivity contribution in [1.82, 2.24) is 19.9 Å². The molecule has 0 radical (unpaired) electrons. The van der Waals surface area contributed by atoms with Crippen molar-refractivity contribution in [3.05, 3.63) is 58.0 Å². The summed E-state index contributed by atoms with van der Waals surface area (Å²) in [7, 11) is 0. The van der Waals surface area contributed by atoms with Crippen molar-refractivity contribution < 1.29 is 4.79 Å². The number of rotatable bonds is 10. The van der Waals surface area contributed by atoms with Crippen LogP contribution in [0, 0.1) is 6.92 Å². The van der Waals surface area contributed by atoms with Crippen molar-refractivity contribution >= 4 is 28.7 Å². The monoisotopic (exact) mass is 426 g/mol. The highest BCUT2D eigenvalue weighted by Gasteiger charge is 2.15. The minimum atomic E-state index is -0.0688. The molecule has 1 aromatic carbocycles. The molecule has 0 spiro atoms. The van der Waals surface area contributed by atoms with Gasteiger partial charge in [0.25, 0.3) is 5.56 Å². The Kier molecular flexibility index (Phi) is 7.74. The topological polar surface area (TPSA) is 79.8 Å². The lowest BCUT2D eigenvalue weighted by molar-refractivity contribution is -0.119. The lowest BCUT2D eigenvalue weighted by Gasteiger charge is -2.15. The van der Waals surface area contributed by atoms with E-state index in [2.05, 4.69) is 34.3 Å². The quantitative estimate of drug-likeness (QED) is 0.378. The number of aromatic amines is 1. The van der Waals surface area contributed by atoms with E-state index in [9.17, 15) is 9.59 Å². The normalized spacial score (nSPS) is 12.2. The second kappa shape index (κ2) is 10.5. The number of thioether (sulfide) groups is 1. The van der Waals surface area contributed by atoms with Gasteiger partial charge in [-0.2, -0.15) is 0 Å². The zero-order chi connectivity index (χ0) is 21.5. The molecule has 3 rings (SSSR count). The van der Waals surface area contributed by atoms with Gasteiger partial charge < -0.3 is 10.3 Å². The fourth-order valence-corrected chi connectivity index (χ4v) is 4.22. The van der Waals surface area contributed by atoms with E-state index < -0.39 is 0 Å². The van der Waals surface area contributed by atoms with E-state index >= 15 is 0 Å². The highest BCUT2D eigenvalue weighted by molar-refractivity contribution is 7.99. The van der Waals surface area contributed by atoms with Crippen molar-refractivity contribution in [3.8, 4) is 0 Å². The molecule has 7 heteroatoms. The van der Waals surface area contributed by atoms with Crippen LogP contribution >= 0.6 is 11.8 Å². The number of amides is 1. The number of carbonyl (C=O) groups is 1. The molecule has 2 N–H and O–H groups in total. The zero-order valence-electron chi connectivity index (χ0n) is 17.9. The third-order valence-corrected chi connectivity index (χ3v) is 6.00. The lowest BCUT2D eigenvalue weighted by Crippen LogP contribution is -2.34. The van der Waals surface area contributed by atoms with Gasteiger partial charge in [0.15, 0.2) is 5.16 Å². The van der Waals surface area contributed by atoms with Gasteiger partial charge in [0.2, 0.25) is 5.91 Å². The highest BCUT2D eigenvalue weighted by Crippen LogP contribution is 2.19. The summed E-state index contributed by atoms with van der Waals surface area (Å²) in [5, 5.41) is 3.66. The minimum absolute atomic E-state index is 0.0396. The number of hydrogen-bond donors (Lipinski definition) is 2. The summed E-state index contributed by atoms with van der Waals surface area (Å²) in [4.78, 5) is 33.1. The molecule has 1 amide bonds. The Balaban J connectivity index is 1.62. The van der Waals surface area contributed by atoms with Gasteiger partial charge >= 0.3 is 0 Å². The first-order chi connectivity index (χ1) is 14.5. The molecule has 0 bridgehead atoms. The summed E-state index contributed by atoms with van der Waals surface area (Å²) in [6.07, 6.45) is 3.69. The zero-order valence-corrected chi connectivity index (χ0v) is 18.7. The molecule has 0 aliphatic heterocycles. The van der Waals surface area contributed by atoms with Crippen molar-refractivity contribution in [2.45, 2.75) is 64.2 Å². The smallest absolute Gasteiger partial charge is 0.278 e. The van der Waals surface area contributed by atoms with Crippen LogP contribution in [0.3, 0.4) is 0 Å². The molecule has 2 heterocycles. The molecule has 0 fully saturated rings. The van der Waals surface area contributed by atoms with Gasteiger partial charge in [-0.15, -0.1) is 0 Å². The minimum Gasteiger partial charge on any atom is -0.353 e. The van der Waals surface area contributed by atoms with Gasteiger partial charge in [0, 0.05) is 18.3 Å². The average molecular weight is 427 g/mol. The van der Waals surface area contributed by atoms with Crippen molar-refractivity contribution in [2.24, 2.45) is 0 Å². The number of carbonyl (C=O) groups excluding carboxylic acids is 1. The second-order valence-electron chi connectivity index (χ2n) is 7.70. The van der Waals surface area contributed by atoms with E-state index in [-0.39, 0.29) is 23.3 Å². The van der Waals surface area contributed by atoms with E-state index in [0.29, 0.717) is 22.7 Å². The Bertz CT molecular complexity index is 1040. The van der Waals surface area contributed by atoms with Gasteiger partial charge in [0.05, 0.1) is 11.3 Å². The van der Waals surface area contributed by atoms with Crippen molar-refractivity contribution in [1.29, 1.82) is 0 Å². The van der Waals surface area contributed by atoms with Crippen LogP contribution in [0.2, 0.25) is 0 Å². The summed E-state index contributed by atoms with van der Waals surface area (Å²) < 4.78 is 1.69. The molecule has 0 aliphatic carbocycles. The largest absolute Gasteiger partial charge is 0.353 e. The highest BCUT2D eigenvalue weighted by atomic mass is 32.2. The molecule has 160 valence electrons. The molecule has 6 nitrogen and oxygen atoms in total. The summed E-state index contributed by atoms with van der Waals surface area (Å²) >= 11 is 1.33. The van der Waals surface area contributed by atoms with E-state index in [0.717, 1.165) is 31.4 Å². The van der Waals surface area contributed by atoms with Gasteiger partial charge in [-0.3, -0.25) is 14.2 Å². The molecule has 1 atom stereocenters. The van der Waals surface area contributed by atoms with Crippen LogP contribution in [0.15, 0.2) is 46.3 Å². The maximum absolute atomic E-state index is 12.9. The van der Waals surface area contributed by atoms with Gasteiger partial charge in [-0.05, 0) is 44.7 Å². The maximum atomic E-state index is 12.9. The standard InChI is InChI=1S/C23H30N4O2S/c1-4-5-13-27-22(29)21-19(14-17(3)25-21)26-23(27)30-15-20(28)24-16(2)11-12-18-9-7-6-8-10-18/h6-10,14,16,25H,4-5,11-13,15H2,1-3H3,(H,24,28)/t16-/m1/s1. The first-order valence-corrected chi connectivity index (χ1v) is 11.5. The van der Waals surface area contributed by atoms with E-state index in [1.807, 2.05) is 38.1 Å². The molecular formula is C23H30N4O2S. The van der Waals surface area contributed by atoms with Crippen molar-refractivity contribution in [2.75, 3.05) is 5.75 Å². The fourth-order valence-electron chi connectivity index (χ4n) is 3.38. The van der Waals surface area contributed by atoms with E-state index in [1.54, 1.807) is 4.57 Å². The van der Waals surface area contributed by atoms with Crippen LogP contribution in [-0.2, 0) is 17.8 Å². The fraction of sp³-hybridized carbons (Fsp3) is 0.435. The Morgan fingerprint density at radius 1 is 1.30 bits per heavy atom. The van der Waals surface area contributed by atoms with Crippen LogP contribution in [-0.4, -0.2) is 32.2 Å². The van der Waals surface area contributed by atoms with Crippen LogP contribution in [0.25, 0.3) is 11.0 Å². The number of nitrogens with zero attached hydrogens (tertiary/aromatic N) is 2. The molecular weight excluding hydrogens is 396 g/mol. The molecule has 30 heavy (non-hydrogen) atoms. The van der Waals surface area contributed by atoms with Crippen LogP contribution < -0.4 is 10.9 Å². The SMILES string of the molecule is CCCCn1c(SCC(=O)N[C@H](C)CCc2ccccc2)nc2cc(C)[nH]c2c1=O. The predicted molar refractivity (Wildman–Crippen MR) is 123 cm³/mol. The number of benzene rings is 1. The summed E-state index contributed by atoms with van der Waals surface area (Å²) in [5.41, 5.74) is 3.30. The van der Waals surface area contributed by atoms with Gasteiger partial charge in [-0.1, -0.05) is 55.4 Å². The average Bonchev–Trinajstić information content (AvgIpc) is 3.11. The Hall–Kier alpha value is -2.54. The molecule has 2 aromatic heterocycles. The molecule has 3 aromatic rings. The first-order valence-electron chi connectivity index (χ1n) is 10.5. The summed E-state index contributed by atoms with van der Waals surface area (Å²) in [6.45, 7) is 6.63. The van der Waals surface area contributed by atoms with E-state index in [1.165, 1.54) is 17.3 Å². The molecule has 0 aliphatic rings. The number of fused-ring (bicyclic) bond motifs is 1. The number of hydrogen-bond acceptors (Lipinski definition) is 4. The van der Waals surface area contributed by atoms with Crippen LogP contribution in [0.1, 0.15) is 44.4 Å². The number of unbranched alkanes of at least 4 members (excludes halogenated alkanes) is 1.